The molecule has 0 amide bonds. The van der Waals surface area contributed by atoms with Gasteiger partial charge in [0.25, 0.3) is 0 Å². The van der Waals surface area contributed by atoms with Crippen molar-refractivity contribution in [2.24, 2.45) is 0 Å². The van der Waals surface area contributed by atoms with Gasteiger partial charge >= 0.3 is 65.0 Å². The summed E-state index contributed by atoms with van der Waals surface area (Å²) in [7, 11) is 0. The van der Waals surface area contributed by atoms with Crippen molar-refractivity contribution in [3.63, 3.8) is 0 Å². The molecule has 0 spiro atoms. The molecule has 0 aliphatic carbocycles. The Morgan fingerprint density at radius 1 is 1.33 bits per heavy atom. The second-order valence-electron chi connectivity index (χ2n) is 0. The molecule has 0 saturated heterocycles. The van der Waals surface area contributed by atoms with E-state index in [1.165, 1.54) is 0 Å². The van der Waals surface area contributed by atoms with E-state index in [2.05, 4.69) is 22.6 Å². The molecule has 0 aromatic carbocycles. The van der Waals surface area contributed by atoms with Crippen molar-refractivity contribution >= 4 is 87.6 Å². The van der Waals surface area contributed by atoms with Gasteiger partial charge in [-0.1, -0.05) is 22.6 Å². The molecule has 5 heteroatoms. The molecule has 2 radical (unpaired) electrons. The van der Waals surface area contributed by atoms with E-state index < -0.39 is 0 Å². The van der Waals surface area contributed by atoms with Crippen molar-refractivity contribution in [2.75, 3.05) is 4.93 Å². The van der Waals surface area contributed by atoms with Gasteiger partial charge in [-0.2, -0.15) is 0 Å². The van der Waals surface area contributed by atoms with Crippen molar-refractivity contribution in [2.45, 2.75) is 0 Å². The number of hydrogen-bond donors (Lipinski definition) is 1. The van der Waals surface area contributed by atoms with Crippen LogP contribution >= 0.6 is 22.6 Å². The first-order valence-electron chi connectivity index (χ1n) is 0.378. The van der Waals surface area contributed by atoms with E-state index in [0.29, 0.717) is 0 Å². The Morgan fingerprint density at radius 2 is 1.33 bits per heavy atom. The summed E-state index contributed by atoms with van der Waals surface area (Å²) in [6.45, 7) is 0. The minimum atomic E-state index is 0. The van der Waals surface area contributed by atoms with Crippen LogP contribution < -0.4 is 6.15 Å². The predicted molar refractivity (Wildman–Crippen MR) is 41.5 cm³/mol. The van der Waals surface area contributed by atoms with Crippen LogP contribution in [0.4, 0.5) is 0 Å². The van der Waals surface area contributed by atoms with Crippen LogP contribution in [0.5, 0.6) is 0 Å². The Hall–Kier alpha value is 3.59. The summed E-state index contributed by atoms with van der Waals surface area (Å²) < 4.78 is 0. The fourth-order valence-electron chi connectivity index (χ4n) is 0. The summed E-state index contributed by atoms with van der Waals surface area (Å²) in [5, 5.41) is 0. The molecule has 0 aromatic rings. The van der Waals surface area contributed by atoms with Crippen LogP contribution in [0.25, 0.3) is 0 Å². The first kappa shape index (κ1) is 33.6. The quantitative estimate of drug-likeness (QED) is 0.313. The van der Waals surface area contributed by atoms with E-state index in [4.69, 9.17) is 0 Å². The zero-order valence-electron chi connectivity index (χ0n) is 6.00. The fourth-order valence-corrected chi connectivity index (χ4v) is 0. The average molecular weight is 458 g/mol. The van der Waals surface area contributed by atoms with E-state index in [-0.39, 0.29) is 95.8 Å². The van der Waals surface area contributed by atoms with Gasteiger partial charge in [0.05, 0.1) is 0 Å². The number of rotatable bonds is 0. The van der Waals surface area contributed by atoms with Gasteiger partial charge in [0.2, 0.25) is 0 Å². The summed E-state index contributed by atoms with van der Waals surface area (Å²) >= 11 is 2.15. The standard InChI is InChI=1S/CH3I.Ca.H3N.Pb.Ti.4H/c1-2;;;;;;;;/h1H3;;1H3;;;;;;/q;+2;;;;;;2*-1. The van der Waals surface area contributed by atoms with E-state index in [9.17, 15) is 0 Å². The summed E-state index contributed by atoms with van der Waals surface area (Å²) in [6.07, 6.45) is 0. The maximum atomic E-state index is 2.15. The Balaban J connectivity index is -0.000000000333. The fraction of sp³-hybridized carbons (Fsp3) is 1.00. The molecule has 0 aromatic heterocycles. The first-order chi connectivity index (χ1) is 1.00. The smallest absolute Gasteiger partial charge is 0 e. The molecule has 1 nitrogen and oxygen atoms in total. The molecule has 0 aliphatic rings. The molecule has 3 N–H and O–H groups in total. The van der Waals surface area contributed by atoms with Crippen molar-refractivity contribution < 1.29 is 24.6 Å². The van der Waals surface area contributed by atoms with Gasteiger partial charge in [0.1, 0.15) is 0 Å². The van der Waals surface area contributed by atoms with Crippen LogP contribution in [-0.2, 0) is 21.7 Å². The normalized spacial score (nSPS) is 1.00. The summed E-state index contributed by atoms with van der Waals surface area (Å²) in [6, 6.07) is 0. The maximum absolute atomic E-state index is 2.15. The van der Waals surface area contributed by atoms with E-state index in [0.717, 1.165) is 0 Å². The third kappa shape index (κ3) is 25.6. The molecule has 0 rings (SSSR count). The molecule has 6 heavy (non-hydrogen) atoms. The SMILES string of the molecule is CI.N.[Ca+2].[H-].[H-].[PbH2].[Ti]. The van der Waals surface area contributed by atoms with Crippen LogP contribution in [0.15, 0.2) is 0 Å². The largest absolute Gasteiger partial charge is 0 e. The molecule has 0 heterocycles. The van der Waals surface area contributed by atoms with Crippen LogP contribution in [0.3, 0.4) is 0 Å². The monoisotopic (exact) mass is 459 g/mol. The van der Waals surface area contributed by atoms with Gasteiger partial charge in [0.15, 0.2) is 0 Å². The molecule has 0 saturated carbocycles. The first-order valence-corrected chi connectivity index (χ1v) is 2.54. The Labute approximate surface area is 121 Å². The van der Waals surface area contributed by atoms with Crippen molar-refractivity contribution in [1.82, 2.24) is 6.15 Å². The van der Waals surface area contributed by atoms with Crippen LogP contribution in [0.1, 0.15) is 2.85 Å². The summed E-state index contributed by atoms with van der Waals surface area (Å²) in [5.74, 6) is 0. The predicted octanol–water partition coefficient (Wildman–Crippen LogP) is 0.139. The average Bonchev–Trinajstić information content (AvgIpc) is 1.00. The zero-order chi connectivity index (χ0) is 2.00. The van der Waals surface area contributed by atoms with Crippen molar-refractivity contribution in [3.8, 4) is 0 Å². The van der Waals surface area contributed by atoms with E-state index in [1.807, 2.05) is 4.93 Å². The maximum Gasteiger partial charge on any atom is 0 e. The van der Waals surface area contributed by atoms with Gasteiger partial charge in [-0.25, -0.2) is 0 Å². The zero-order valence-corrected chi connectivity index (χ0v) is 15.4. The van der Waals surface area contributed by atoms with E-state index >= 15 is 0 Å². The molecule has 36 valence electrons. The molecular weight excluding hydrogens is 448 g/mol. The summed E-state index contributed by atoms with van der Waals surface area (Å²) in [5.41, 5.74) is 0. The van der Waals surface area contributed by atoms with Gasteiger partial charge < -0.3 is 9.00 Å². The topological polar surface area (TPSA) is 35.0 Å². The molecule has 0 atom stereocenters. The van der Waals surface area contributed by atoms with Gasteiger partial charge in [-0.3, -0.25) is 0 Å². The van der Waals surface area contributed by atoms with Gasteiger partial charge in [-0.15, -0.1) is 0 Å². The molecule has 0 unspecified atom stereocenters. The van der Waals surface area contributed by atoms with Gasteiger partial charge in [-0.05, 0) is 4.93 Å². The van der Waals surface area contributed by atoms with Crippen LogP contribution in [0.2, 0.25) is 0 Å². The minimum absolute atomic E-state index is 0. The molecule has 0 bridgehead atoms. The second-order valence-corrected chi connectivity index (χ2v) is 0. The third-order valence-electron chi connectivity index (χ3n) is 0. The second kappa shape index (κ2) is 38.4. The Kier molecular flexibility index (Phi) is 215. The Bertz CT molecular complexity index is 22.0. The number of alkyl halides is 1. The van der Waals surface area contributed by atoms with E-state index in [1.54, 1.807) is 0 Å². The van der Waals surface area contributed by atoms with Crippen LogP contribution in [0, 0.1) is 0 Å². The van der Waals surface area contributed by atoms with Crippen molar-refractivity contribution in [1.29, 1.82) is 0 Å². The van der Waals surface area contributed by atoms with Crippen molar-refractivity contribution in [3.05, 3.63) is 0 Å². The molecule has 0 fully saturated rings. The summed E-state index contributed by atoms with van der Waals surface area (Å²) in [4.78, 5) is 1.97. The number of halogens is 1. The van der Waals surface area contributed by atoms with Gasteiger partial charge in [0, 0.05) is 21.7 Å². The molecule has 0 aliphatic heterocycles. The Morgan fingerprint density at radius 3 is 1.33 bits per heavy atom. The number of hydrogen-bond acceptors (Lipinski definition) is 1. The minimum Gasteiger partial charge on any atom is 0 e. The van der Waals surface area contributed by atoms with Crippen LogP contribution in [-0.4, -0.2) is 70.0 Å². The third-order valence-corrected chi connectivity index (χ3v) is 0. The molecular formula is CH10CaINPbTi.